The third-order valence-corrected chi connectivity index (χ3v) is 2.60. The number of hydrogen-bond acceptors (Lipinski definition) is 2. The second kappa shape index (κ2) is 2.51. The van der Waals surface area contributed by atoms with Gasteiger partial charge < -0.3 is 10.2 Å². The molecule has 0 aliphatic heterocycles. The Morgan fingerprint density at radius 1 is 1.60 bits per heavy atom. The molecule has 0 heterocycles. The quantitative estimate of drug-likeness (QED) is 0.614. The summed E-state index contributed by atoms with van der Waals surface area (Å²) in [6.07, 6.45) is 1.64. The Morgan fingerprint density at radius 2 is 2.20 bits per heavy atom. The molecule has 0 spiro atoms. The smallest absolute Gasteiger partial charge is 0.0704 e. The van der Waals surface area contributed by atoms with Gasteiger partial charge in [-0.3, -0.25) is 0 Å². The molecule has 1 saturated carbocycles. The molecule has 0 saturated heterocycles. The van der Waals surface area contributed by atoms with Gasteiger partial charge in [-0.1, -0.05) is 13.8 Å². The Morgan fingerprint density at radius 3 is 2.50 bits per heavy atom. The molecule has 0 amide bonds. The minimum atomic E-state index is -0.442. The van der Waals surface area contributed by atoms with Gasteiger partial charge in [0.25, 0.3) is 0 Å². The number of hydrogen-bond donors (Lipinski definition) is 2. The lowest BCUT2D eigenvalue weighted by molar-refractivity contribution is 0.0761. The molecular weight excluding hydrogens is 128 g/mol. The van der Waals surface area contributed by atoms with E-state index in [4.69, 9.17) is 5.11 Å². The molecule has 2 N–H and O–H groups in total. The van der Waals surface area contributed by atoms with Gasteiger partial charge in [-0.05, 0) is 24.7 Å². The maximum absolute atomic E-state index is 9.69. The first-order valence-corrected chi connectivity index (χ1v) is 3.94. The summed E-state index contributed by atoms with van der Waals surface area (Å²) in [5.74, 6) is 0.696. The Hall–Kier alpha value is -0.0800. The molecule has 0 bridgehead atoms. The zero-order chi connectivity index (χ0) is 7.78. The van der Waals surface area contributed by atoms with Crippen LogP contribution in [0, 0.1) is 11.8 Å². The first kappa shape index (κ1) is 8.02. The van der Waals surface area contributed by atoms with Crippen LogP contribution in [0.4, 0.5) is 0 Å². The number of rotatable bonds is 3. The predicted molar refractivity (Wildman–Crippen MR) is 39.6 cm³/mol. The molecule has 0 aromatic heterocycles. The second-order valence-electron chi connectivity index (χ2n) is 3.56. The van der Waals surface area contributed by atoms with Crippen LogP contribution in [0.15, 0.2) is 0 Å². The first-order valence-electron chi connectivity index (χ1n) is 3.94. The van der Waals surface area contributed by atoms with Gasteiger partial charge in [0.05, 0.1) is 5.60 Å². The van der Waals surface area contributed by atoms with Gasteiger partial charge >= 0.3 is 0 Å². The van der Waals surface area contributed by atoms with Crippen molar-refractivity contribution < 1.29 is 10.2 Å². The molecule has 0 aromatic rings. The summed E-state index contributed by atoms with van der Waals surface area (Å²) in [6.45, 7) is 4.26. The number of aliphatic hydroxyl groups is 2. The lowest BCUT2D eigenvalue weighted by Crippen LogP contribution is -2.19. The van der Waals surface area contributed by atoms with Crippen LogP contribution < -0.4 is 0 Å². The molecule has 1 rings (SSSR count). The Kier molecular flexibility index (Phi) is 2.02. The molecule has 0 aromatic carbocycles. The van der Waals surface area contributed by atoms with Crippen LogP contribution in [0.2, 0.25) is 0 Å². The van der Waals surface area contributed by atoms with Crippen molar-refractivity contribution >= 4 is 0 Å². The molecule has 1 aliphatic carbocycles. The molecule has 1 aliphatic rings. The Balaban J connectivity index is 2.33. The standard InChI is InChI=1S/C8H16O2/c1-6(2)8(10)5-7(8)3-4-9/h6-7,9-10H,3-5H2,1-2H3. The van der Waals surface area contributed by atoms with Crippen LogP contribution >= 0.6 is 0 Å². The van der Waals surface area contributed by atoms with Crippen molar-refractivity contribution in [2.75, 3.05) is 6.61 Å². The van der Waals surface area contributed by atoms with Crippen molar-refractivity contribution in [1.29, 1.82) is 0 Å². The first-order chi connectivity index (χ1) is 4.61. The fourth-order valence-electron chi connectivity index (χ4n) is 1.55. The summed E-state index contributed by atoms with van der Waals surface area (Å²) in [7, 11) is 0. The van der Waals surface area contributed by atoms with Gasteiger partial charge in [-0.25, -0.2) is 0 Å². The van der Waals surface area contributed by atoms with E-state index in [2.05, 4.69) is 0 Å². The van der Waals surface area contributed by atoms with E-state index in [9.17, 15) is 5.11 Å². The Labute approximate surface area is 61.9 Å². The summed E-state index contributed by atoms with van der Waals surface area (Å²) in [5.41, 5.74) is -0.442. The van der Waals surface area contributed by atoms with E-state index in [1.54, 1.807) is 0 Å². The van der Waals surface area contributed by atoms with Gasteiger partial charge in [-0.15, -0.1) is 0 Å². The maximum Gasteiger partial charge on any atom is 0.0704 e. The van der Waals surface area contributed by atoms with Crippen molar-refractivity contribution in [2.24, 2.45) is 11.8 Å². The fraction of sp³-hybridized carbons (Fsp3) is 1.00. The molecule has 0 radical (unpaired) electrons. The largest absolute Gasteiger partial charge is 0.396 e. The molecule has 1 fully saturated rings. The summed E-state index contributed by atoms with van der Waals surface area (Å²) >= 11 is 0. The zero-order valence-corrected chi connectivity index (χ0v) is 6.67. The average molecular weight is 144 g/mol. The van der Waals surface area contributed by atoms with Gasteiger partial charge in [0, 0.05) is 6.61 Å². The van der Waals surface area contributed by atoms with Crippen LogP contribution in [-0.2, 0) is 0 Å². The van der Waals surface area contributed by atoms with E-state index in [1.807, 2.05) is 13.8 Å². The van der Waals surface area contributed by atoms with Crippen molar-refractivity contribution in [3.63, 3.8) is 0 Å². The second-order valence-corrected chi connectivity index (χ2v) is 3.56. The van der Waals surface area contributed by atoms with Gasteiger partial charge in [0.2, 0.25) is 0 Å². The number of aliphatic hydroxyl groups excluding tert-OH is 1. The fourth-order valence-corrected chi connectivity index (χ4v) is 1.55. The molecule has 60 valence electrons. The van der Waals surface area contributed by atoms with E-state index < -0.39 is 5.60 Å². The van der Waals surface area contributed by atoms with Crippen molar-refractivity contribution in [3.8, 4) is 0 Å². The minimum Gasteiger partial charge on any atom is -0.396 e. The van der Waals surface area contributed by atoms with Crippen LogP contribution in [0.5, 0.6) is 0 Å². The van der Waals surface area contributed by atoms with E-state index in [1.165, 1.54) is 0 Å². The monoisotopic (exact) mass is 144 g/mol. The third kappa shape index (κ3) is 1.18. The van der Waals surface area contributed by atoms with Crippen molar-refractivity contribution in [1.82, 2.24) is 0 Å². The van der Waals surface area contributed by atoms with Gasteiger partial charge in [-0.2, -0.15) is 0 Å². The lowest BCUT2D eigenvalue weighted by Gasteiger charge is -2.13. The maximum atomic E-state index is 9.69. The van der Waals surface area contributed by atoms with E-state index in [0.29, 0.717) is 11.8 Å². The molecule has 2 heteroatoms. The van der Waals surface area contributed by atoms with E-state index >= 15 is 0 Å². The predicted octanol–water partition coefficient (Wildman–Crippen LogP) is 0.776. The topological polar surface area (TPSA) is 40.5 Å². The normalized spacial score (nSPS) is 38.7. The molecule has 2 unspecified atom stereocenters. The van der Waals surface area contributed by atoms with Crippen LogP contribution in [0.3, 0.4) is 0 Å². The summed E-state index contributed by atoms with van der Waals surface area (Å²) in [5, 5.41) is 18.3. The van der Waals surface area contributed by atoms with Crippen molar-refractivity contribution in [2.45, 2.75) is 32.3 Å². The summed E-state index contributed by atoms with van der Waals surface area (Å²) in [4.78, 5) is 0. The van der Waals surface area contributed by atoms with Crippen LogP contribution in [-0.4, -0.2) is 22.4 Å². The zero-order valence-electron chi connectivity index (χ0n) is 6.67. The lowest BCUT2D eigenvalue weighted by atomic mass is 10.0. The van der Waals surface area contributed by atoms with Crippen molar-refractivity contribution in [3.05, 3.63) is 0 Å². The highest BCUT2D eigenvalue weighted by Crippen LogP contribution is 2.50. The van der Waals surface area contributed by atoms with Crippen LogP contribution in [0.1, 0.15) is 26.7 Å². The molecule has 2 nitrogen and oxygen atoms in total. The van der Waals surface area contributed by atoms with Gasteiger partial charge in [0.15, 0.2) is 0 Å². The average Bonchev–Trinajstić information content (AvgIpc) is 2.45. The van der Waals surface area contributed by atoms with E-state index in [0.717, 1.165) is 12.8 Å². The third-order valence-electron chi connectivity index (χ3n) is 2.60. The Bertz CT molecular complexity index is 122. The minimum absolute atomic E-state index is 0.208. The van der Waals surface area contributed by atoms with Gasteiger partial charge in [0.1, 0.15) is 0 Å². The SMILES string of the molecule is CC(C)C1(O)CC1CCO. The highest BCUT2D eigenvalue weighted by atomic mass is 16.3. The highest BCUT2D eigenvalue weighted by molar-refractivity contribution is 5.04. The molecule has 2 atom stereocenters. The highest BCUT2D eigenvalue weighted by Gasteiger charge is 2.53. The van der Waals surface area contributed by atoms with Crippen LogP contribution in [0.25, 0.3) is 0 Å². The summed E-state index contributed by atoms with van der Waals surface area (Å²) < 4.78 is 0. The summed E-state index contributed by atoms with van der Waals surface area (Å²) in [6, 6.07) is 0. The molecular formula is C8H16O2. The molecule has 10 heavy (non-hydrogen) atoms. The van der Waals surface area contributed by atoms with E-state index in [-0.39, 0.29) is 6.61 Å².